The van der Waals surface area contributed by atoms with Crippen LogP contribution in [0.25, 0.3) is 21.4 Å². The van der Waals surface area contributed by atoms with Gasteiger partial charge in [0, 0.05) is 34.4 Å². The first-order valence-corrected chi connectivity index (χ1v) is 13.8. The lowest BCUT2D eigenvalue weighted by Gasteiger charge is -2.12. The Morgan fingerprint density at radius 1 is 1.13 bits per heavy atom. The number of aromatic hydroxyl groups is 1. The first-order valence-electron chi connectivity index (χ1n) is 11.2. The summed E-state index contributed by atoms with van der Waals surface area (Å²) in [6, 6.07) is 3.52. The van der Waals surface area contributed by atoms with Crippen molar-refractivity contribution in [2.24, 2.45) is 0 Å². The van der Waals surface area contributed by atoms with E-state index in [1.807, 2.05) is 0 Å². The molecule has 1 aliphatic rings. The maximum atomic E-state index is 14.2. The van der Waals surface area contributed by atoms with E-state index in [-0.39, 0.29) is 51.4 Å². The second kappa shape index (κ2) is 10.8. The molecule has 1 aliphatic heterocycles. The van der Waals surface area contributed by atoms with Crippen LogP contribution in [0.3, 0.4) is 0 Å². The van der Waals surface area contributed by atoms with Gasteiger partial charge in [0.25, 0.3) is 21.9 Å². The fraction of sp³-hybridized carbons (Fsp3) is 0.304. The maximum Gasteiger partial charge on any atom is 0.345 e. The number of thiophene rings is 1. The van der Waals surface area contributed by atoms with Crippen LogP contribution in [0.4, 0.5) is 4.39 Å². The molecule has 2 amide bonds. The highest BCUT2D eigenvalue weighted by molar-refractivity contribution is 7.86. The molecule has 1 aromatic carbocycles. The van der Waals surface area contributed by atoms with Crippen LogP contribution >= 0.6 is 22.9 Å². The van der Waals surface area contributed by atoms with Gasteiger partial charge >= 0.3 is 11.6 Å². The fourth-order valence-electron chi connectivity index (χ4n) is 3.83. The van der Waals surface area contributed by atoms with Crippen LogP contribution in [0.2, 0.25) is 5.02 Å². The summed E-state index contributed by atoms with van der Waals surface area (Å²) in [6.07, 6.45) is 1.22. The number of hydrogen-bond acceptors (Lipinski definition) is 10. The maximum absolute atomic E-state index is 14.2. The number of benzene rings is 1. The molecule has 0 saturated carbocycles. The average Bonchev–Trinajstić information content (AvgIpc) is 3.41. The number of hydroxylamine groups is 2. The lowest BCUT2D eigenvalue weighted by molar-refractivity contribution is -0.197. The lowest BCUT2D eigenvalue weighted by atomic mass is 10.1. The van der Waals surface area contributed by atoms with Gasteiger partial charge in [-0.15, -0.1) is 16.4 Å². The summed E-state index contributed by atoms with van der Waals surface area (Å²) in [4.78, 5) is 52.2. The first kappa shape index (κ1) is 27.7. The van der Waals surface area contributed by atoms with E-state index in [2.05, 4.69) is 0 Å². The molecule has 1 fully saturated rings. The molecule has 4 rings (SSSR count). The van der Waals surface area contributed by atoms with Crippen LogP contribution in [0.5, 0.6) is 5.75 Å². The Morgan fingerprint density at radius 2 is 1.82 bits per heavy atom. The highest BCUT2D eigenvalue weighted by atomic mass is 35.5. The number of rotatable bonds is 9. The van der Waals surface area contributed by atoms with Crippen LogP contribution in [0.1, 0.15) is 43.4 Å². The second-order valence-corrected chi connectivity index (χ2v) is 11.3. The zero-order chi connectivity index (χ0) is 27.8. The van der Waals surface area contributed by atoms with E-state index in [4.69, 9.17) is 20.9 Å². The normalized spacial score (nSPS) is 14.0. The molecule has 11 nitrogen and oxygen atoms in total. The summed E-state index contributed by atoms with van der Waals surface area (Å²) in [5, 5.41) is 9.82. The molecule has 2 aromatic heterocycles. The Balaban J connectivity index is 1.47. The highest BCUT2D eigenvalue weighted by Gasteiger charge is 2.32. The minimum atomic E-state index is -4.65. The molecule has 0 aliphatic carbocycles. The largest absolute Gasteiger partial charge is 0.504 e. The smallest absolute Gasteiger partial charge is 0.345 e. The van der Waals surface area contributed by atoms with E-state index in [1.165, 1.54) is 12.1 Å². The van der Waals surface area contributed by atoms with Gasteiger partial charge in [-0.1, -0.05) is 18.0 Å². The lowest BCUT2D eigenvalue weighted by Crippen LogP contribution is -2.31. The van der Waals surface area contributed by atoms with Crippen LogP contribution in [0.15, 0.2) is 32.3 Å². The molecule has 3 heterocycles. The fourth-order valence-corrected chi connectivity index (χ4v) is 6.30. The number of fused-ring (bicyclic) bond motifs is 1. The van der Waals surface area contributed by atoms with Gasteiger partial charge in [-0.05, 0) is 37.5 Å². The van der Waals surface area contributed by atoms with E-state index in [0.29, 0.717) is 24.3 Å². The monoisotopic (exact) mass is 587 g/mol. The molecule has 0 spiro atoms. The Morgan fingerprint density at radius 3 is 2.47 bits per heavy atom. The number of aryl methyl sites for hydroxylation is 1. The van der Waals surface area contributed by atoms with Gasteiger partial charge in [0.15, 0.2) is 11.3 Å². The van der Waals surface area contributed by atoms with Crippen LogP contribution in [0, 0.1) is 5.82 Å². The van der Waals surface area contributed by atoms with Crippen molar-refractivity contribution < 1.29 is 46.1 Å². The topological polar surface area (TPSA) is 168 Å². The predicted octanol–water partition coefficient (Wildman–Crippen LogP) is 3.98. The number of unbranched alkanes of at least 4 members (excludes halogenated alkanes) is 2. The Kier molecular flexibility index (Phi) is 7.88. The number of nitrogens with zero attached hydrogens (tertiary/aromatic N) is 1. The number of phenolic OH excluding ortho intramolecular Hbond substituents is 1. The third-order valence-electron chi connectivity index (χ3n) is 5.69. The summed E-state index contributed by atoms with van der Waals surface area (Å²) in [5.41, 5.74) is -1.63. The SMILES string of the molecule is O=C(CCCCCc1sc(-c2cc3cc(Cl)c(O)c(F)c3oc2=O)cc1S(=O)(=O)O)ON1C(=O)CCC1=O. The Labute approximate surface area is 223 Å². The van der Waals surface area contributed by atoms with Gasteiger partial charge in [-0.2, -0.15) is 12.8 Å². The van der Waals surface area contributed by atoms with Crippen molar-refractivity contribution in [2.75, 3.05) is 0 Å². The Bertz CT molecular complexity index is 1610. The quantitative estimate of drug-likeness (QED) is 0.162. The molecule has 1 saturated heterocycles. The van der Waals surface area contributed by atoms with Crippen LogP contribution in [-0.4, -0.2) is 40.9 Å². The van der Waals surface area contributed by atoms with Crippen LogP contribution < -0.4 is 5.63 Å². The number of hydrogen-bond donors (Lipinski definition) is 2. The van der Waals surface area contributed by atoms with E-state index in [9.17, 15) is 41.6 Å². The van der Waals surface area contributed by atoms with Gasteiger partial charge in [-0.3, -0.25) is 14.1 Å². The molecular weight excluding hydrogens is 569 g/mol. The Hall–Kier alpha value is -3.33. The highest BCUT2D eigenvalue weighted by Crippen LogP contribution is 2.37. The summed E-state index contributed by atoms with van der Waals surface area (Å²) in [5.74, 6) is -4.01. The van der Waals surface area contributed by atoms with Crippen LogP contribution in [-0.2, 0) is 35.8 Å². The molecule has 0 bridgehead atoms. The average molecular weight is 588 g/mol. The van der Waals surface area contributed by atoms with E-state index >= 15 is 0 Å². The summed E-state index contributed by atoms with van der Waals surface area (Å²) in [6.45, 7) is 0. The van der Waals surface area contributed by atoms with Gasteiger partial charge in [0.1, 0.15) is 4.90 Å². The zero-order valence-corrected chi connectivity index (χ0v) is 21.8. The van der Waals surface area contributed by atoms with Crippen molar-refractivity contribution in [2.45, 2.75) is 49.8 Å². The summed E-state index contributed by atoms with van der Waals surface area (Å²) < 4.78 is 52.9. The van der Waals surface area contributed by atoms with Crippen molar-refractivity contribution in [3.8, 4) is 16.2 Å². The van der Waals surface area contributed by atoms with Crippen molar-refractivity contribution in [3.63, 3.8) is 0 Å². The zero-order valence-electron chi connectivity index (χ0n) is 19.4. The second-order valence-electron chi connectivity index (χ2n) is 8.37. The van der Waals surface area contributed by atoms with Gasteiger partial charge in [-0.25, -0.2) is 9.59 Å². The number of imide groups is 1. The van der Waals surface area contributed by atoms with Gasteiger partial charge < -0.3 is 14.4 Å². The minimum absolute atomic E-state index is 0.0135. The van der Waals surface area contributed by atoms with Crippen molar-refractivity contribution in [1.29, 1.82) is 0 Å². The number of carbonyl (C=O) groups excluding carboxylic acids is 3. The van der Waals surface area contributed by atoms with E-state index in [0.717, 1.165) is 17.4 Å². The molecule has 3 aromatic rings. The number of amides is 2. The van der Waals surface area contributed by atoms with Gasteiger partial charge in [0.05, 0.1) is 10.6 Å². The molecule has 15 heteroatoms. The van der Waals surface area contributed by atoms with E-state index in [1.54, 1.807) is 0 Å². The van der Waals surface area contributed by atoms with Crippen molar-refractivity contribution >= 4 is 61.8 Å². The molecule has 0 radical (unpaired) electrons. The van der Waals surface area contributed by atoms with Gasteiger partial charge in [0.2, 0.25) is 5.82 Å². The molecular formula is C23H19ClFNO10S2. The van der Waals surface area contributed by atoms with Crippen molar-refractivity contribution in [3.05, 3.63) is 44.3 Å². The third kappa shape index (κ3) is 5.72. The predicted molar refractivity (Wildman–Crippen MR) is 132 cm³/mol. The molecule has 0 atom stereocenters. The molecule has 0 unspecified atom stereocenters. The molecule has 2 N–H and O–H groups in total. The summed E-state index contributed by atoms with van der Waals surface area (Å²) >= 11 is 6.71. The molecule has 202 valence electrons. The molecule has 38 heavy (non-hydrogen) atoms. The third-order valence-corrected chi connectivity index (χ3v) is 8.26. The first-order chi connectivity index (χ1) is 17.9. The minimum Gasteiger partial charge on any atom is -0.504 e. The number of phenols is 1. The standard InChI is InChI=1S/C23H19ClFNO10S2/c24-13-9-11-8-12(23(31)35-22(11)20(25)21(13)30)15-10-16(38(32,33)34)14(37-15)4-2-1-3-5-19(29)36-26-17(27)6-7-18(26)28/h8-10,30H,1-7H2,(H,32,33,34). The van der Waals surface area contributed by atoms with Crippen molar-refractivity contribution in [1.82, 2.24) is 5.06 Å². The number of carbonyl (C=O) groups is 3. The summed E-state index contributed by atoms with van der Waals surface area (Å²) in [7, 11) is -4.65. The van der Waals surface area contributed by atoms with E-state index < -0.39 is 55.6 Å². The number of halogens is 2.